The van der Waals surface area contributed by atoms with Crippen molar-refractivity contribution in [3.8, 4) is 0 Å². The summed E-state index contributed by atoms with van der Waals surface area (Å²) >= 11 is 12.9. The van der Waals surface area contributed by atoms with Crippen molar-refractivity contribution in [3.05, 3.63) is 30.3 Å². The molecule has 0 aromatic heterocycles. The maximum atomic E-state index is 10.7. The van der Waals surface area contributed by atoms with Gasteiger partial charge < -0.3 is 14.2 Å². The smallest absolute Gasteiger partial charge is 0.430 e. The first-order valence-corrected chi connectivity index (χ1v) is 10.7. The third kappa shape index (κ3) is 4.66. The van der Waals surface area contributed by atoms with Crippen molar-refractivity contribution in [1.82, 2.24) is 0 Å². The van der Waals surface area contributed by atoms with Gasteiger partial charge in [-0.25, -0.2) is 4.79 Å². The molecule has 1 unspecified atom stereocenters. The number of benzene rings is 1. The Labute approximate surface area is 128 Å². The van der Waals surface area contributed by atoms with Gasteiger partial charge in [0.1, 0.15) is 6.61 Å². The van der Waals surface area contributed by atoms with Gasteiger partial charge in [0.2, 0.25) is 0 Å². The van der Waals surface area contributed by atoms with Crippen molar-refractivity contribution in [1.29, 1.82) is 0 Å². The highest BCUT2D eigenvalue weighted by Gasteiger charge is 2.30. The molecule has 0 spiro atoms. The lowest BCUT2D eigenvalue weighted by molar-refractivity contribution is 0.0462. The Kier molecular flexibility index (Phi) is 5.71. The van der Waals surface area contributed by atoms with E-state index in [4.69, 9.17) is 31.6 Å². The Bertz CT molecular complexity index is 441. The monoisotopic (exact) mass is 334 g/mol. The number of ether oxygens (including phenoxy) is 3. The lowest BCUT2D eigenvalue weighted by Gasteiger charge is -2.17. The fourth-order valence-electron chi connectivity index (χ4n) is 1.88. The quantitative estimate of drug-likeness (QED) is 0.333. The zero-order chi connectivity index (χ0) is 14.4. The Morgan fingerprint density at radius 3 is 2.70 bits per heavy atom. The van der Waals surface area contributed by atoms with Gasteiger partial charge >= 0.3 is 6.16 Å². The van der Waals surface area contributed by atoms with Crippen LogP contribution in [0.25, 0.3) is 0 Å². The predicted octanol–water partition coefficient (Wildman–Crippen LogP) is 2.76. The van der Waals surface area contributed by atoms with Crippen molar-refractivity contribution >= 4 is 40.2 Å². The Morgan fingerprint density at radius 1 is 1.30 bits per heavy atom. The third-order valence-electron chi connectivity index (χ3n) is 2.93. The standard InChI is InChI=1S/C13H16Cl2O4Si/c14-20(15,12-5-2-1-3-6-12)8-4-7-17-9-11-10-18-13(16)19-11/h1-3,5-6,11H,4,7-10H2. The summed E-state index contributed by atoms with van der Waals surface area (Å²) in [6, 6.07) is 10.5. The Hall–Kier alpha value is -0.753. The molecule has 1 saturated heterocycles. The molecule has 7 heteroatoms. The van der Waals surface area contributed by atoms with E-state index in [0.717, 1.165) is 17.7 Å². The maximum Gasteiger partial charge on any atom is 0.508 e. The SMILES string of the molecule is O=C1OCC(COCCC[Si](Cl)(Cl)c2ccccc2)O1. The average molecular weight is 335 g/mol. The summed E-state index contributed by atoms with van der Waals surface area (Å²) in [5.74, 6) is 0. The number of halogens is 2. The molecule has 1 aliphatic heterocycles. The van der Waals surface area contributed by atoms with E-state index in [1.807, 2.05) is 30.3 Å². The van der Waals surface area contributed by atoms with Gasteiger partial charge in [-0.1, -0.05) is 30.3 Å². The second-order valence-corrected chi connectivity index (χ2v) is 11.5. The molecule has 20 heavy (non-hydrogen) atoms. The number of carbonyl (C=O) groups is 1. The molecular weight excluding hydrogens is 319 g/mol. The van der Waals surface area contributed by atoms with E-state index in [1.165, 1.54) is 0 Å². The zero-order valence-corrected chi connectivity index (χ0v) is 13.4. The van der Waals surface area contributed by atoms with Crippen molar-refractivity contribution in [2.45, 2.75) is 18.6 Å². The summed E-state index contributed by atoms with van der Waals surface area (Å²) in [5.41, 5.74) is 0. The summed E-state index contributed by atoms with van der Waals surface area (Å²) in [4.78, 5) is 10.7. The van der Waals surface area contributed by atoms with E-state index in [-0.39, 0.29) is 12.7 Å². The van der Waals surface area contributed by atoms with Gasteiger partial charge in [-0.2, -0.15) is 0 Å². The van der Waals surface area contributed by atoms with Crippen LogP contribution >= 0.6 is 22.2 Å². The molecule has 0 bridgehead atoms. The minimum Gasteiger partial charge on any atom is -0.430 e. The van der Waals surface area contributed by atoms with Gasteiger partial charge in [0.25, 0.3) is 6.69 Å². The van der Waals surface area contributed by atoms with E-state index in [1.54, 1.807) is 0 Å². The first kappa shape index (κ1) is 15.6. The topological polar surface area (TPSA) is 44.8 Å². The van der Waals surface area contributed by atoms with Gasteiger partial charge in [-0.3, -0.25) is 0 Å². The first-order chi connectivity index (χ1) is 9.58. The van der Waals surface area contributed by atoms with Crippen LogP contribution in [0, 0.1) is 0 Å². The fourth-order valence-corrected chi connectivity index (χ4v) is 5.00. The lowest BCUT2D eigenvalue weighted by Crippen LogP contribution is -2.36. The molecule has 1 aromatic carbocycles. The second kappa shape index (κ2) is 7.31. The van der Waals surface area contributed by atoms with E-state index < -0.39 is 12.8 Å². The van der Waals surface area contributed by atoms with Gasteiger partial charge in [-0.15, -0.1) is 22.2 Å². The van der Waals surface area contributed by atoms with E-state index in [2.05, 4.69) is 4.74 Å². The summed E-state index contributed by atoms with van der Waals surface area (Å²) < 4.78 is 15.0. The number of hydrogen-bond acceptors (Lipinski definition) is 4. The van der Waals surface area contributed by atoms with Crippen LogP contribution in [-0.2, 0) is 14.2 Å². The van der Waals surface area contributed by atoms with E-state index >= 15 is 0 Å². The Balaban J connectivity index is 1.64. The predicted molar refractivity (Wildman–Crippen MR) is 80.0 cm³/mol. The molecular formula is C13H16Cl2O4Si. The number of hydrogen-bond donors (Lipinski definition) is 0. The normalized spacial score (nSPS) is 18.7. The van der Waals surface area contributed by atoms with Crippen LogP contribution in [-0.4, -0.2) is 38.8 Å². The van der Waals surface area contributed by atoms with Crippen LogP contribution in [0.2, 0.25) is 6.04 Å². The van der Waals surface area contributed by atoms with Crippen LogP contribution in [0.5, 0.6) is 0 Å². The van der Waals surface area contributed by atoms with Crippen LogP contribution in [0.1, 0.15) is 6.42 Å². The van der Waals surface area contributed by atoms with E-state index in [0.29, 0.717) is 13.2 Å². The highest BCUT2D eigenvalue weighted by molar-refractivity contribution is 7.50. The van der Waals surface area contributed by atoms with Crippen LogP contribution in [0.15, 0.2) is 30.3 Å². The average Bonchev–Trinajstić information content (AvgIpc) is 2.85. The highest BCUT2D eigenvalue weighted by atomic mass is 35.7. The number of rotatable bonds is 7. The molecule has 1 atom stereocenters. The highest BCUT2D eigenvalue weighted by Crippen LogP contribution is 2.22. The van der Waals surface area contributed by atoms with E-state index in [9.17, 15) is 4.79 Å². The molecule has 1 fully saturated rings. The van der Waals surface area contributed by atoms with Gasteiger partial charge in [0.15, 0.2) is 6.10 Å². The van der Waals surface area contributed by atoms with Gasteiger partial charge in [0.05, 0.1) is 6.61 Å². The molecule has 0 amide bonds. The lowest BCUT2D eigenvalue weighted by atomic mass is 10.4. The number of carbonyl (C=O) groups excluding carboxylic acids is 1. The molecule has 0 radical (unpaired) electrons. The maximum absolute atomic E-state index is 10.7. The Morgan fingerprint density at radius 2 is 2.05 bits per heavy atom. The first-order valence-electron chi connectivity index (χ1n) is 6.42. The minimum atomic E-state index is -2.42. The van der Waals surface area contributed by atoms with Crippen molar-refractivity contribution < 1.29 is 19.0 Å². The van der Waals surface area contributed by atoms with Gasteiger partial charge in [0, 0.05) is 6.61 Å². The largest absolute Gasteiger partial charge is 0.508 e. The molecule has 0 N–H and O–H groups in total. The summed E-state index contributed by atoms with van der Waals surface area (Å²) in [6.07, 6.45) is -0.156. The molecule has 1 aromatic rings. The van der Waals surface area contributed by atoms with Crippen molar-refractivity contribution in [2.75, 3.05) is 19.8 Å². The molecule has 0 aliphatic carbocycles. The van der Waals surface area contributed by atoms with Gasteiger partial charge in [-0.05, 0) is 17.7 Å². The van der Waals surface area contributed by atoms with Crippen LogP contribution in [0.4, 0.5) is 4.79 Å². The zero-order valence-electron chi connectivity index (χ0n) is 10.9. The summed E-state index contributed by atoms with van der Waals surface area (Å²) in [7, 11) is 0. The minimum absolute atomic E-state index is 0.256. The number of cyclic esters (lactones) is 2. The molecule has 110 valence electrons. The van der Waals surface area contributed by atoms with Crippen LogP contribution < -0.4 is 5.19 Å². The van der Waals surface area contributed by atoms with Crippen molar-refractivity contribution in [3.63, 3.8) is 0 Å². The van der Waals surface area contributed by atoms with Crippen LogP contribution in [0.3, 0.4) is 0 Å². The molecule has 4 nitrogen and oxygen atoms in total. The molecule has 1 aliphatic rings. The third-order valence-corrected chi connectivity index (χ3v) is 7.53. The summed E-state index contributed by atoms with van der Waals surface area (Å²) in [6.45, 7) is -1.28. The summed E-state index contributed by atoms with van der Waals surface area (Å²) in [5, 5.41) is 1.02. The molecule has 1 heterocycles. The molecule has 0 saturated carbocycles. The molecule has 2 rings (SSSR count). The van der Waals surface area contributed by atoms with Crippen molar-refractivity contribution in [2.24, 2.45) is 0 Å². The fraction of sp³-hybridized carbons (Fsp3) is 0.462. The second-order valence-electron chi connectivity index (χ2n) is 4.55.